The van der Waals surface area contributed by atoms with Gasteiger partial charge >= 0.3 is 5.97 Å². The number of carboxylic acids is 1. The molecule has 19 heavy (non-hydrogen) atoms. The lowest BCUT2D eigenvalue weighted by Gasteiger charge is -2.13. The number of ether oxygens (including phenoxy) is 1. The predicted octanol–water partition coefficient (Wildman–Crippen LogP) is 1.23. The quantitative estimate of drug-likeness (QED) is 0.656. The molecule has 1 aromatic heterocycles. The van der Waals surface area contributed by atoms with E-state index in [1.54, 1.807) is 12.1 Å². The number of aliphatic hydroxyl groups is 1. The van der Waals surface area contributed by atoms with Gasteiger partial charge < -0.3 is 20.3 Å². The highest BCUT2D eigenvalue weighted by atomic mass is 16.5. The van der Waals surface area contributed by atoms with E-state index in [9.17, 15) is 9.90 Å². The zero-order chi connectivity index (χ0) is 14.3. The predicted molar refractivity (Wildman–Crippen MR) is 71.3 cm³/mol. The van der Waals surface area contributed by atoms with Gasteiger partial charge in [0, 0.05) is 13.2 Å². The molecule has 1 rings (SSSR count). The van der Waals surface area contributed by atoms with Crippen molar-refractivity contribution >= 4 is 11.8 Å². The SMILES string of the molecule is CC(C)COCC(O)CNc1cccc(C(=O)O)n1. The summed E-state index contributed by atoms with van der Waals surface area (Å²) in [5.41, 5.74) is -0.0319. The van der Waals surface area contributed by atoms with Crippen LogP contribution in [0.5, 0.6) is 0 Å². The third-order valence-corrected chi connectivity index (χ3v) is 2.25. The largest absolute Gasteiger partial charge is 0.477 e. The summed E-state index contributed by atoms with van der Waals surface area (Å²) in [4.78, 5) is 14.6. The van der Waals surface area contributed by atoms with Crippen LogP contribution in [0, 0.1) is 5.92 Å². The van der Waals surface area contributed by atoms with Gasteiger partial charge in [-0.1, -0.05) is 19.9 Å². The molecule has 0 fully saturated rings. The lowest BCUT2D eigenvalue weighted by molar-refractivity contribution is 0.0317. The summed E-state index contributed by atoms with van der Waals surface area (Å²) in [7, 11) is 0. The first kappa shape index (κ1) is 15.4. The molecule has 0 aromatic carbocycles. The van der Waals surface area contributed by atoms with Crippen LogP contribution in [-0.4, -0.2) is 47.0 Å². The number of aliphatic hydroxyl groups excluding tert-OH is 1. The molecule has 0 saturated heterocycles. The molecule has 0 amide bonds. The Hall–Kier alpha value is -1.66. The Morgan fingerprint density at radius 3 is 2.79 bits per heavy atom. The van der Waals surface area contributed by atoms with Crippen molar-refractivity contribution in [2.24, 2.45) is 5.92 Å². The number of hydrogen-bond acceptors (Lipinski definition) is 5. The second-order valence-corrected chi connectivity index (χ2v) is 4.68. The molecule has 0 aliphatic carbocycles. The average molecular weight is 268 g/mol. The van der Waals surface area contributed by atoms with Gasteiger partial charge in [0.25, 0.3) is 0 Å². The number of anilines is 1. The Balaban J connectivity index is 2.35. The van der Waals surface area contributed by atoms with Gasteiger partial charge in [-0.3, -0.25) is 0 Å². The molecule has 0 aliphatic heterocycles. The third-order valence-electron chi connectivity index (χ3n) is 2.25. The second-order valence-electron chi connectivity index (χ2n) is 4.68. The van der Waals surface area contributed by atoms with Crippen molar-refractivity contribution in [1.82, 2.24) is 4.98 Å². The zero-order valence-corrected chi connectivity index (χ0v) is 11.2. The summed E-state index contributed by atoms with van der Waals surface area (Å²) >= 11 is 0. The van der Waals surface area contributed by atoms with E-state index in [-0.39, 0.29) is 18.8 Å². The van der Waals surface area contributed by atoms with Gasteiger partial charge in [-0.15, -0.1) is 0 Å². The van der Waals surface area contributed by atoms with Crippen molar-refractivity contribution in [3.8, 4) is 0 Å². The number of pyridine rings is 1. The van der Waals surface area contributed by atoms with Crippen LogP contribution in [0.4, 0.5) is 5.82 Å². The highest BCUT2D eigenvalue weighted by Crippen LogP contribution is 2.05. The zero-order valence-electron chi connectivity index (χ0n) is 11.2. The Bertz CT molecular complexity index is 409. The monoisotopic (exact) mass is 268 g/mol. The first-order chi connectivity index (χ1) is 8.99. The van der Waals surface area contributed by atoms with Crippen LogP contribution < -0.4 is 5.32 Å². The lowest BCUT2D eigenvalue weighted by atomic mass is 10.2. The van der Waals surface area contributed by atoms with Crippen molar-refractivity contribution in [2.75, 3.05) is 25.1 Å². The Labute approximate surface area is 112 Å². The van der Waals surface area contributed by atoms with E-state index in [0.29, 0.717) is 18.3 Å². The van der Waals surface area contributed by atoms with E-state index >= 15 is 0 Å². The molecular weight excluding hydrogens is 248 g/mol. The number of nitrogens with one attached hydrogen (secondary N) is 1. The van der Waals surface area contributed by atoms with Crippen LogP contribution in [0.3, 0.4) is 0 Å². The highest BCUT2D eigenvalue weighted by molar-refractivity contribution is 5.85. The van der Waals surface area contributed by atoms with Crippen molar-refractivity contribution in [3.05, 3.63) is 23.9 Å². The standard InChI is InChI=1S/C13H20N2O4/c1-9(2)7-19-8-10(16)6-14-12-5-3-4-11(15-12)13(17)18/h3-5,9-10,16H,6-8H2,1-2H3,(H,14,15)(H,17,18). The first-order valence-electron chi connectivity index (χ1n) is 6.19. The van der Waals surface area contributed by atoms with Gasteiger partial charge in [0.05, 0.1) is 12.7 Å². The Kier molecular flexibility index (Phi) is 6.24. The van der Waals surface area contributed by atoms with E-state index < -0.39 is 12.1 Å². The van der Waals surface area contributed by atoms with Gasteiger partial charge in [0.15, 0.2) is 5.69 Å². The van der Waals surface area contributed by atoms with Gasteiger partial charge in [-0.25, -0.2) is 9.78 Å². The fourth-order valence-corrected chi connectivity index (χ4v) is 1.37. The number of hydrogen-bond donors (Lipinski definition) is 3. The second kappa shape index (κ2) is 7.70. The Morgan fingerprint density at radius 2 is 2.16 bits per heavy atom. The van der Waals surface area contributed by atoms with Crippen molar-refractivity contribution in [3.63, 3.8) is 0 Å². The van der Waals surface area contributed by atoms with Crippen LogP contribution in [0.15, 0.2) is 18.2 Å². The number of rotatable bonds is 8. The smallest absolute Gasteiger partial charge is 0.354 e. The number of carbonyl (C=O) groups is 1. The van der Waals surface area contributed by atoms with Crippen molar-refractivity contribution in [2.45, 2.75) is 20.0 Å². The molecule has 3 N–H and O–H groups in total. The minimum Gasteiger partial charge on any atom is -0.477 e. The van der Waals surface area contributed by atoms with Crippen LogP contribution in [0.1, 0.15) is 24.3 Å². The number of nitrogens with zero attached hydrogens (tertiary/aromatic N) is 1. The van der Waals surface area contributed by atoms with E-state index in [1.807, 2.05) is 13.8 Å². The van der Waals surface area contributed by atoms with Crippen LogP contribution in [0.2, 0.25) is 0 Å². The fraction of sp³-hybridized carbons (Fsp3) is 0.538. The molecule has 1 atom stereocenters. The minimum absolute atomic E-state index is 0.0319. The maximum Gasteiger partial charge on any atom is 0.354 e. The Morgan fingerprint density at radius 1 is 1.42 bits per heavy atom. The van der Waals surface area contributed by atoms with Gasteiger partial charge in [-0.2, -0.15) is 0 Å². The van der Waals surface area contributed by atoms with Crippen molar-refractivity contribution < 1.29 is 19.7 Å². The number of aromatic carboxylic acids is 1. The average Bonchev–Trinajstić information content (AvgIpc) is 2.36. The molecular formula is C13H20N2O4. The fourth-order valence-electron chi connectivity index (χ4n) is 1.37. The molecule has 0 bridgehead atoms. The number of carboxylic acid groups (broad SMARTS) is 1. The van der Waals surface area contributed by atoms with Crippen molar-refractivity contribution in [1.29, 1.82) is 0 Å². The molecule has 1 aromatic rings. The normalized spacial score (nSPS) is 12.4. The topological polar surface area (TPSA) is 91.7 Å². The van der Waals surface area contributed by atoms with Crippen LogP contribution in [-0.2, 0) is 4.74 Å². The van der Waals surface area contributed by atoms with E-state index in [0.717, 1.165) is 0 Å². The van der Waals surface area contributed by atoms with Gasteiger partial charge in [0.2, 0.25) is 0 Å². The summed E-state index contributed by atoms with van der Waals surface area (Å²) in [5.74, 6) is -0.235. The molecule has 6 nitrogen and oxygen atoms in total. The van der Waals surface area contributed by atoms with E-state index in [1.165, 1.54) is 6.07 Å². The van der Waals surface area contributed by atoms with Crippen LogP contribution >= 0.6 is 0 Å². The molecule has 106 valence electrons. The highest BCUT2D eigenvalue weighted by Gasteiger charge is 2.08. The summed E-state index contributed by atoms with van der Waals surface area (Å²) in [6.45, 7) is 5.17. The van der Waals surface area contributed by atoms with Gasteiger partial charge in [0.1, 0.15) is 5.82 Å². The molecule has 0 spiro atoms. The number of aromatic nitrogens is 1. The molecule has 1 heterocycles. The van der Waals surface area contributed by atoms with E-state index in [4.69, 9.17) is 9.84 Å². The van der Waals surface area contributed by atoms with Crippen LogP contribution in [0.25, 0.3) is 0 Å². The molecule has 0 aliphatic rings. The molecule has 1 unspecified atom stereocenters. The summed E-state index contributed by atoms with van der Waals surface area (Å²) in [6.07, 6.45) is -0.658. The lowest BCUT2D eigenvalue weighted by Crippen LogP contribution is -2.26. The maximum atomic E-state index is 10.7. The minimum atomic E-state index is -1.08. The first-order valence-corrected chi connectivity index (χ1v) is 6.19. The molecule has 0 radical (unpaired) electrons. The summed E-state index contributed by atoms with van der Waals surface area (Å²) in [6, 6.07) is 4.66. The summed E-state index contributed by atoms with van der Waals surface area (Å²) in [5, 5.41) is 21.3. The van der Waals surface area contributed by atoms with Gasteiger partial charge in [-0.05, 0) is 18.1 Å². The molecule has 0 saturated carbocycles. The summed E-state index contributed by atoms with van der Waals surface area (Å²) < 4.78 is 5.30. The molecule has 6 heteroatoms. The third kappa shape index (κ3) is 6.17. The maximum absolute atomic E-state index is 10.7. The van der Waals surface area contributed by atoms with E-state index in [2.05, 4.69) is 10.3 Å².